The summed E-state index contributed by atoms with van der Waals surface area (Å²) in [7, 11) is 0. The molecule has 0 N–H and O–H groups in total. The van der Waals surface area contributed by atoms with E-state index in [0.29, 0.717) is 0 Å². The van der Waals surface area contributed by atoms with Gasteiger partial charge < -0.3 is 0 Å². The van der Waals surface area contributed by atoms with Crippen molar-refractivity contribution in [3.05, 3.63) is 9.81 Å². The van der Waals surface area contributed by atoms with Gasteiger partial charge in [0.25, 0.3) is 0 Å². The Bertz CT molecular complexity index is 114. The molecule has 0 saturated heterocycles. The Morgan fingerprint density at radius 2 is 1.36 bits per heavy atom. The second-order valence-electron chi connectivity index (χ2n) is 2.84. The van der Waals surface area contributed by atoms with Gasteiger partial charge in [0, 0.05) is 0 Å². The van der Waals surface area contributed by atoms with Gasteiger partial charge >= 0.3 is 0 Å². The quantitative estimate of drug-likeness (QED) is 0.557. The minimum Gasteiger partial charge on any atom is -0.151 e. The summed E-state index contributed by atoms with van der Waals surface area (Å²) >= 11 is 0. The third-order valence-electron chi connectivity index (χ3n) is 1.60. The highest BCUT2D eigenvalue weighted by Crippen LogP contribution is 2.07. The highest BCUT2D eigenvalue weighted by atomic mass is 16.3. The van der Waals surface area contributed by atoms with Gasteiger partial charge in [-0.3, -0.25) is 0 Å². The average Bonchev–Trinajstić information content (AvgIpc) is 2.04. The van der Waals surface area contributed by atoms with Crippen molar-refractivity contribution in [2.24, 2.45) is 10.4 Å². The Kier molecular flexibility index (Phi) is 5.51. The molecule has 0 radical (unpaired) electrons. The predicted octanol–water partition coefficient (Wildman–Crippen LogP) is 2.47. The Morgan fingerprint density at radius 1 is 1.00 bits per heavy atom. The van der Waals surface area contributed by atoms with Crippen molar-refractivity contribution < 1.29 is 0 Å². The van der Waals surface area contributed by atoms with Gasteiger partial charge in [0.1, 0.15) is 0 Å². The molecular formula is C7H14N2O2. The molecule has 4 nitrogen and oxygen atoms in total. The monoisotopic (exact) mass is 158 g/mol. The number of nitrogens with zero attached hydrogens (tertiary/aromatic N) is 2. The summed E-state index contributed by atoms with van der Waals surface area (Å²) in [5, 5.41) is 5.70. The molecule has 2 unspecified atom stereocenters. The lowest BCUT2D eigenvalue weighted by Crippen LogP contribution is -2.00. The standard InChI is InChI=1S/C7H14N2O2/c1-6(8-10)4-3-5-7(2)9-11/h6-7H,3-5H2,1-2H3. The van der Waals surface area contributed by atoms with Crippen molar-refractivity contribution >= 4 is 0 Å². The Balaban J connectivity index is 3.26. The molecule has 0 bridgehead atoms. The van der Waals surface area contributed by atoms with Gasteiger partial charge in [-0.05, 0) is 33.1 Å². The zero-order valence-electron chi connectivity index (χ0n) is 6.99. The first-order valence-electron chi connectivity index (χ1n) is 3.85. The molecule has 0 aliphatic heterocycles. The normalized spacial score (nSPS) is 15.5. The van der Waals surface area contributed by atoms with Crippen LogP contribution in [0.15, 0.2) is 10.4 Å². The van der Waals surface area contributed by atoms with Gasteiger partial charge in [-0.2, -0.15) is 9.81 Å². The lowest BCUT2D eigenvalue weighted by molar-refractivity contribution is 0.552. The molecule has 0 aliphatic carbocycles. The SMILES string of the molecule is CC(CCCC(C)N=O)N=O. The van der Waals surface area contributed by atoms with E-state index in [1.54, 1.807) is 13.8 Å². The van der Waals surface area contributed by atoms with Crippen molar-refractivity contribution in [3.63, 3.8) is 0 Å². The maximum absolute atomic E-state index is 9.91. The van der Waals surface area contributed by atoms with Crippen molar-refractivity contribution in [2.45, 2.75) is 45.2 Å². The third-order valence-corrected chi connectivity index (χ3v) is 1.60. The molecule has 0 aromatic rings. The number of hydrogen-bond donors (Lipinski definition) is 0. The fraction of sp³-hybridized carbons (Fsp3) is 1.00. The van der Waals surface area contributed by atoms with Crippen LogP contribution in [0.2, 0.25) is 0 Å². The van der Waals surface area contributed by atoms with Crippen LogP contribution in [0.5, 0.6) is 0 Å². The maximum atomic E-state index is 9.91. The number of hydrogen-bond acceptors (Lipinski definition) is 4. The Hall–Kier alpha value is -0.800. The van der Waals surface area contributed by atoms with Gasteiger partial charge in [0.2, 0.25) is 0 Å². The van der Waals surface area contributed by atoms with Crippen LogP contribution in [0.25, 0.3) is 0 Å². The first kappa shape index (κ1) is 10.2. The lowest BCUT2D eigenvalue weighted by atomic mass is 10.1. The van der Waals surface area contributed by atoms with Crippen LogP contribution in [-0.2, 0) is 0 Å². The molecule has 0 heterocycles. The third kappa shape index (κ3) is 5.63. The van der Waals surface area contributed by atoms with E-state index in [4.69, 9.17) is 0 Å². The van der Waals surface area contributed by atoms with Crippen molar-refractivity contribution in [1.82, 2.24) is 0 Å². The molecule has 64 valence electrons. The molecule has 0 amide bonds. The average molecular weight is 158 g/mol. The van der Waals surface area contributed by atoms with Gasteiger partial charge in [0.05, 0.1) is 12.1 Å². The highest BCUT2D eigenvalue weighted by Gasteiger charge is 2.03. The zero-order chi connectivity index (χ0) is 8.69. The summed E-state index contributed by atoms with van der Waals surface area (Å²) in [6.07, 6.45) is 2.35. The maximum Gasteiger partial charge on any atom is 0.0891 e. The van der Waals surface area contributed by atoms with Crippen molar-refractivity contribution in [1.29, 1.82) is 0 Å². The highest BCUT2D eigenvalue weighted by molar-refractivity contribution is 4.62. The van der Waals surface area contributed by atoms with Gasteiger partial charge in [-0.1, -0.05) is 10.4 Å². The summed E-state index contributed by atoms with van der Waals surface area (Å²) in [6.45, 7) is 3.54. The predicted molar refractivity (Wildman–Crippen MR) is 44.4 cm³/mol. The zero-order valence-corrected chi connectivity index (χ0v) is 6.99. The molecule has 2 atom stereocenters. The molecule has 0 saturated carbocycles. The van der Waals surface area contributed by atoms with Gasteiger partial charge in [-0.15, -0.1) is 0 Å². The topological polar surface area (TPSA) is 58.9 Å². The van der Waals surface area contributed by atoms with E-state index in [1.165, 1.54) is 0 Å². The molecule has 0 aliphatic rings. The summed E-state index contributed by atoms with van der Waals surface area (Å²) in [6, 6.07) is -0.261. The largest absolute Gasteiger partial charge is 0.151 e. The fourth-order valence-electron chi connectivity index (χ4n) is 0.814. The first-order chi connectivity index (χ1) is 5.20. The van der Waals surface area contributed by atoms with E-state index in [0.717, 1.165) is 19.3 Å². The summed E-state index contributed by atoms with van der Waals surface area (Å²) in [5.41, 5.74) is 0. The summed E-state index contributed by atoms with van der Waals surface area (Å²) < 4.78 is 0. The van der Waals surface area contributed by atoms with Crippen LogP contribution in [0.3, 0.4) is 0 Å². The van der Waals surface area contributed by atoms with Crippen LogP contribution < -0.4 is 0 Å². The van der Waals surface area contributed by atoms with Gasteiger partial charge in [0.15, 0.2) is 0 Å². The minimum atomic E-state index is -0.131. The second-order valence-corrected chi connectivity index (χ2v) is 2.84. The fourth-order valence-corrected chi connectivity index (χ4v) is 0.814. The van der Waals surface area contributed by atoms with E-state index in [2.05, 4.69) is 10.4 Å². The Morgan fingerprint density at radius 3 is 1.64 bits per heavy atom. The number of rotatable bonds is 6. The van der Waals surface area contributed by atoms with E-state index < -0.39 is 0 Å². The van der Waals surface area contributed by atoms with Crippen LogP contribution in [0.4, 0.5) is 0 Å². The second kappa shape index (κ2) is 5.95. The molecular weight excluding hydrogens is 144 g/mol. The minimum absolute atomic E-state index is 0.131. The summed E-state index contributed by atoms with van der Waals surface area (Å²) in [4.78, 5) is 19.8. The molecule has 4 heteroatoms. The van der Waals surface area contributed by atoms with Crippen molar-refractivity contribution in [2.75, 3.05) is 0 Å². The van der Waals surface area contributed by atoms with Crippen LogP contribution >= 0.6 is 0 Å². The molecule has 0 aromatic carbocycles. The van der Waals surface area contributed by atoms with Crippen LogP contribution in [0.1, 0.15) is 33.1 Å². The smallest absolute Gasteiger partial charge is 0.0891 e. The van der Waals surface area contributed by atoms with Crippen LogP contribution in [-0.4, -0.2) is 12.1 Å². The molecule has 0 fully saturated rings. The molecule has 0 aromatic heterocycles. The van der Waals surface area contributed by atoms with Crippen LogP contribution in [0, 0.1) is 9.81 Å². The molecule has 0 rings (SSSR count). The summed E-state index contributed by atoms with van der Waals surface area (Å²) in [5.74, 6) is 0. The van der Waals surface area contributed by atoms with E-state index in [-0.39, 0.29) is 12.1 Å². The van der Waals surface area contributed by atoms with E-state index in [1.807, 2.05) is 0 Å². The molecule has 0 spiro atoms. The van der Waals surface area contributed by atoms with Gasteiger partial charge in [-0.25, -0.2) is 0 Å². The number of nitroso groups, excluding NO2 is 2. The van der Waals surface area contributed by atoms with Crippen molar-refractivity contribution in [3.8, 4) is 0 Å². The Labute approximate surface area is 66.3 Å². The van der Waals surface area contributed by atoms with E-state index in [9.17, 15) is 9.81 Å². The lowest BCUT2D eigenvalue weighted by Gasteiger charge is -2.02. The van der Waals surface area contributed by atoms with E-state index >= 15 is 0 Å². The first-order valence-corrected chi connectivity index (χ1v) is 3.85. The molecule has 11 heavy (non-hydrogen) atoms.